The molecule has 0 unspecified atom stereocenters. The number of benzene rings is 1. The molecule has 0 amide bonds. The van der Waals surface area contributed by atoms with Gasteiger partial charge >= 0.3 is 0 Å². The van der Waals surface area contributed by atoms with Crippen molar-refractivity contribution in [3.63, 3.8) is 0 Å². The SMILES string of the molecule is CNCC(=O)c1cc(F)c(Cl)cc1C. The second-order valence-corrected chi connectivity index (χ2v) is 3.44. The first-order chi connectivity index (χ1) is 6.56. The van der Waals surface area contributed by atoms with Gasteiger partial charge in [0.05, 0.1) is 11.6 Å². The topological polar surface area (TPSA) is 29.1 Å². The molecule has 2 nitrogen and oxygen atoms in total. The van der Waals surface area contributed by atoms with Crippen LogP contribution in [0.5, 0.6) is 0 Å². The van der Waals surface area contributed by atoms with Crippen LogP contribution in [-0.2, 0) is 0 Å². The molecule has 1 rings (SSSR count). The van der Waals surface area contributed by atoms with Gasteiger partial charge in [-0.25, -0.2) is 4.39 Å². The monoisotopic (exact) mass is 215 g/mol. The molecule has 0 fully saturated rings. The summed E-state index contributed by atoms with van der Waals surface area (Å²) in [4.78, 5) is 11.5. The molecule has 4 heteroatoms. The number of hydrogen-bond acceptors (Lipinski definition) is 2. The molecule has 0 aliphatic heterocycles. The predicted molar refractivity (Wildman–Crippen MR) is 54.4 cm³/mol. The number of hydrogen-bond donors (Lipinski definition) is 1. The molecule has 0 saturated heterocycles. The van der Waals surface area contributed by atoms with Crippen molar-refractivity contribution < 1.29 is 9.18 Å². The molecule has 14 heavy (non-hydrogen) atoms. The standard InChI is InChI=1S/C10H11ClFNO/c1-6-3-8(11)9(12)4-7(6)10(14)5-13-2/h3-4,13H,5H2,1-2H3. The fourth-order valence-corrected chi connectivity index (χ4v) is 1.42. The largest absolute Gasteiger partial charge is 0.313 e. The van der Waals surface area contributed by atoms with Crippen LogP contribution in [0.4, 0.5) is 4.39 Å². The Morgan fingerprint density at radius 2 is 2.21 bits per heavy atom. The third kappa shape index (κ3) is 2.30. The van der Waals surface area contributed by atoms with E-state index >= 15 is 0 Å². The number of carbonyl (C=O) groups excluding carboxylic acids is 1. The zero-order valence-electron chi connectivity index (χ0n) is 8.03. The molecule has 0 radical (unpaired) electrons. The average Bonchev–Trinajstić information content (AvgIpc) is 2.11. The van der Waals surface area contributed by atoms with Crippen LogP contribution in [0.2, 0.25) is 5.02 Å². The van der Waals surface area contributed by atoms with Gasteiger partial charge in [-0.15, -0.1) is 0 Å². The lowest BCUT2D eigenvalue weighted by Gasteiger charge is -2.05. The Hall–Kier alpha value is -0.930. The molecule has 1 aromatic rings. The number of carbonyl (C=O) groups is 1. The second-order valence-electron chi connectivity index (χ2n) is 3.03. The summed E-state index contributed by atoms with van der Waals surface area (Å²) < 4.78 is 13.1. The van der Waals surface area contributed by atoms with Crippen molar-refractivity contribution in [1.29, 1.82) is 0 Å². The Morgan fingerprint density at radius 1 is 1.57 bits per heavy atom. The molecular weight excluding hydrogens is 205 g/mol. The van der Waals surface area contributed by atoms with E-state index in [2.05, 4.69) is 5.32 Å². The van der Waals surface area contributed by atoms with E-state index < -0.39 is 5.82 Å². The summed E-state index contributed by atoms with van der Waals surface area (Å²) >= 11 is 5.57. The average molecular weight is 216 g/mol. The zero-order valence-corrected chi connectivity index (χ0v) is 8.78. The molecule has 0 aliphatic rings. The highest BCUT2D eigenvalue weighted by molar-refractivity contribution is 6.31. The first kappa shape index (κ1) is 11.1. The summed E-state index contributed by atoms with van der Waals surface area (Å²) in [5.41, 5.74) is 1.07. The van der Waals surface area contributed by atoms with Gasteiger partial charge in [0.1, 0.15) is 5.82 Å². The van der Waals surface area contributed by atoms with Crippen LogP contribution in [0.15, 0.2) is 12.1 Å². The summed E-state index contributed by atoms with van der Waals surface area (Å²) in [6.45, 7) is 1.93. The van der Waals surface area contributed by atoms with Crippen molar-refractivity contribution in [1.82, 2.24) is 5.32 Å². The van der Waals surface area contributed by atoms with Crippen LogP contribution < -0.4 is 5.32 Å². The molecule has 0 saturated carbocycles. The van der Waals surface area contributed by atoms with Gasteiger partial charge in [0, 0.05) is 5.56 Å². The van der Waals surface area contributed by atoms with Crippen LogP contribution in [-0.4, -0.2) is 19.4 Å². The smallest absolute Gasteiger partial charge is 0.176 e. The van der Waals surface area contributed by atoms with Crippen LogP contribution >= 0.6 is 11.6 Å². The fraction of sp³-hybridized carbons (Fsp3) is 0.300. The first-order valence-corrected chi connectivity index (χ1v) is 4.57. The van der Waals surface area contributed by atoms with Crippen LogP contribution in [0.1, 0.15) is 15.9 Å². The number of aryl methyl sites for hydroxylation is 1. The van der Waals surface area contributed by atoms with Gasteiger partial charge in [-0.1, -0.05) is 11.6 Å². The number of halogens is 2. The maximum atomic E-state index is 13.1. The van der Waals surface area contributed by atoms with Crippen molar-refractivity contribution in [3.05, 3.63) is 34.1 Å². The Kier molecular flexibility index (Phi) is 3.61. The van der Waals surface area contributed by atoms with Crippen molar-refractivity contribution in [3.8, 4) is 0 Å². The van der Waals surface area contributed by atoms with E-state index in [1.165, 1.54) is 12.1 Å². The molecule has 0 spiro atoms. The van der Waals surface area contributed by atoms with Gasteiger partial charge in [0.2, 0.25) is 0 Å². The normalized spacial score (nSPS) is 10.3. The van der Waals surface area contributed by atoms with Gasteiger partial charge in [0.15, 0.2) is 5.78 Å². The van der Waals surface area contributed by atoms with E-state index in [1.807, 2.05) is 0 Å². The summed E-state index contributed by atoms with van der Waals surface area (Å²) in [5, 5.41) is 2.77. The molecule has 76 valence electrons. The number of likely N-dealkylation sites (N-methyl/N-ethyl adjacent to an activating group) is 1. The number of nitrogens with one attached hydrogen (secondary N) is 1. The van der Waals surface area contributed by atoms with E-state index in [0.29, 0.717) is 11.1 Å². The summed E-state index contributed by atoms with van der Waals surface area (Å²) in [6, 6.07) is 2.64. The van der Waals surface area contributed by atoms with Crippen molar-refractivity contribution in [2.45, 2.75) is 6.92 Å². The van der Waals surface area contributed by atoms with Gasteiger partial charge in [-0.2, -0.15) is 0 Å². The maximum Gasteiger partial charge on any atom is 0.176 e. The van der Waals surface area contributed by atoms with Crippen molar-refractivity contribution >= 4 is 17.4 Å². The third-order valence-electron chi connectivity index (χ3n) is 1.91. The lowest BCUT2D eigenvalue weighted by atomic mass is 10.0. The van der Waals surface area contributed by atoms with Crippen molar-refractivity contribution in [2.75, 3.05) is 13.6 Å². The molecule has 1 aromatic carbocycles. The summed E-state index contributed by atoms with van der Waals surface area (Å²) in [5.74, 6) is -0.697. The number of ketones is 1. The third-order valence-corrected chi connectivity index (χ3v) is 2.19. The minimum Gasteiger partial charge on any atom is -0.313 e. The predicted octanol–water partition coefficient (Wildman–Crippen LogP) is 2.19. The molecule has 1 N–H and O–H groups in total. The number of rotatable bonds is 3. The lowest BCUT2D eigenvalue weighted by Crippen LogP contribution is -2.19. The fourth-order valence-electron chi connectivity index (χ4n) is 1.20. The summed E-state index contributed by atoms with van der Waals surface area (Å²) in [6.07, 6.45) is 0. The van der Waals surface area contributed by atoms with Crippen LogP contribution in [0, 0.1) is 12.7 Å². The molecule has 0 aliphatic carbocycles. The van der Waals surface area contributed by atoms with Crippen molar-refractivity contribution in [2.24, 2.45) is 0 Å². The van der Waals surface area contributed by atoms with Crippen LogP contribution in [0.3, 0.4) is 0 Å². The molecule has 0 atom stereocenters. The Balaban J connectivity index is 3.09. The van der Waals surface area contributed by atoms with Gasteiger partial charge in [-0.3, -0.25) is 4.79 Å². The molecular formula is C10H11ClFNO. The lowest BCUT2D eigenvalue weighted by molar-refractivity contribution is 0.0992. The van der Waals surface area contributed by atoms with E-state index in [9.17, 15) is 9.18 Å². The highest BCUT2D eigenvalue weighted by Gasteiger charge is 2.11. The second kappa shape index (κ2) is 4.53. The minimum absolute atomic E-state index is 0.0449. The Bertz CT molecular complexity index is 365. The molecule has 0 aromatic heterocycles. The molecule has 0 heterocycles. The van der Waals surface area contributed by atoms with E-state index in [4.69, 9.17) is 11.6 Å². The quantitative estimate of drug-likeness (QED) is 0.784. The molecule has 0 bridgehead atoms. The van der Waals surface area contributed by atoms with Gasteiger partial charge < -0.3 is 5.32 Å². The van der Waals surface area contributed by atoms with Crippen LogP contribution in [0.25, 0.3) is 0 Å². The first-order valence-electron chi connectivity index (χ1n) is 4.19. The summed E-state index contributed by atoms with van der Waals surface area (Å²) in [7, 11) is 1.67. The van der Waals surface area contributed by atoms with E-state index in [1.54, 1.807) is 14.0 Å². The van der Waals surface area contributed by atoms with E-state index in [0.717, 1.165) is 0 Å². The Morgan fingerprint density at radius 3 is 2.79 bits per heavy atom. The maximum absolute atomic E-state index is 13.1. The number of Topliss-reactive ketones (excluding diaryl/α,β-unsaturated/α-hetero) is 1. The zero-order chi connectivity index (χ0) is 10.7. The highest BCUT2D eigenvalue weighted by atomic mass is 35.5. The van der Waals surface area contributed by atoms with E-state index in [-0.39, 0.29) is 17.4 Å². The van der Waals surface area contributed by atoms with Gasteiger partial charge in [-0.05, 0) is 31.7 Å². The highest BCUT2D eigenvalue weighted by Crippen LogP contribution is 2.19. The Labute approximate surface area is 87.1 Å². The minimum atomic E-state index is -0.559. The van der Waals surface area contributed by atoms with Gasteiger partial charge in [0.25, 0.3) is 0 Å².